The molecule has 9 nitrogen and oxygen atoms in total. The van der Waals surface area contributed by atoms with E-state index in [4.69, 9.17) is 19.7 Å². The smallest absolute Gasteiger partial charge is 0.130 e. The van der Waals surface area contributed by atoms with Crippen LogP contribution in [-0.2, 0) is 19.6 Å². The highest BCUT2D eigenvalue weighted by Crippen LogP contribution is 2.33. The number of hydrogen-bond donors (Lipinski definition) is 5. The van der Waals surface area contributed by atoms with Gasteiger partial charge < -0.3 is 35.4 Å². The summed E-state index contributed by atoms with van der Waals surface area (Å²) in [4.78, 5) is 0. The molecule has 0 fully saturated rings. The molecule has 0 amide bonds. The maximum Gasteiger partial charge on any atom is 0.130 e. The van der Waals surface area contributed by atoms with E-state index >= 15 is 0 Å². The fraction of sp³-hybridized carbons (Fsp3) is 0.444. The first-order valence-corrected chi connectivity index (χ1v) is 12.2. The molecule has 0 aliphatic carbocycles. The van der Waals surface area contributed by atoms with E-state index in [0.29, 0.717) is 49.8 Å². The number of phenols is 1. The topological polar surface area (TPSA) is 119 Å². The second-order valence-corrected chi connectivity index (χ2v) is 8.78. The average Bonchev–Trinajstić information content (AvgIpc) is 3.24. The van der Waals surface area contributed by atoms with Crippen molar-refractivity contribution < 1.29 is 24.8 Å². The van der Waals surface area contributed by atoms with Gasteiger partial charge in [-0.25, -0.2) is 0 Å². The van der Waals surface area contributed by atoms with Gasteiger partial charge in [-0.3, -0.25) is 5.01 Å². The molecule has 0 aromatic heterocycles. The zero-order valence-corrected chi connectivity index (χ0v) is 21.3. The van der Waals surface area contributed by atoms with Gasteiger partial charge in [-0.05, 0) is 36.1 Å². The molecule has 9 heteroatoms. The second-order valence-electron chi connectivity index (χ2n) is 8.78. The molecule has 0 saturated carbocycles. The SMILES string of the molecule is COc1cc(OC/C(C)=C2\C=NN(Cc3ccc(CNCCO)cc3)C2C)cc(O)c1CNCCO. The molecule has 0 bridgehead atoms. The summed E-state index contributed by atoms with van der Waals surface area (Å²) in [7, 11) is 1.55. The summed E-state index contributed by atoms with van der Waals surface area (Å²) in [6.07, 6.45) is 1.89. The molecule has 5 N–H and O–H groups in total. The lowest BCUT2D eigenvalue weighted by Crippen LogP contribution is -2.25. The number of ether oxygens (including phenoxy) is 2. The highest BCUT2D eigenvalue weighted by molar-refractivity contribution is 5.83. The predicted molar refractivity (Wildman–Crippen MR) is 140 cm³/mol. The van der Waals surface area contributed by atoms with Crippen LogP contribution >= 0.6 is 0 Å². The molecular formula is C27H38N4O5. The summed E-state index contributed by atoms with van der Waals surface area (Å²) in [6, 6.07) is 11.9. The lowest BCUT2D eigenvalue weighted by atomic mass is 10.0. The van der Waals surface area contributed by atoms with E-state index in [1.54, 1.807) is 19.2 Å². The van der Waals surface area contributed by atoms with Crippen LogP contribution in [0.15, 0.2) is 52.6 Å². The van der Waals surface area contributed by atoms with Gasteiger partial charge in [0.1, 0.15) is 23.9 Å². The van der Waals surface area contributed by atoms with Crippen LogP contribution in [0.25, 0.3) is 0 Å². The average molecular weight is 499 g/mol. The number of rotatable bonds is 14. The Morgan fingerprint density at radius 1 is 1.03 bits per heavy atom. The minimum absolute atomic E-state index is 0.0213. The van der Waals surface area contributed by atoms with Crippen molar-refractivity contribution >= 4 is 6.21 Å². The number of aliphatic hydroxyl groups excluding tert-OH is 2. The van der Waals surface area contributed by atoms with Crippen LogP contribution < -0.4 is 20.1 Å². The van der Waals surface area contributed by atoms with Crippen LogP contribution in [0.2, 0.25) is 0 Å². The maximum atomic E-state index is 10.5. The second kappa shape index (κ2) is 13.8. The van der Waals surface area contributed by atoms with Gasteiger partial charge >= 0.3 is 0 Å². The molecule has 3 rings (SSSR count). The molecule has 0 saturated heterocycles. The lowest BCUT2D eigenvalue weighted by molar-refractivity contribution is 0.254. The van der Waals surface area contributed by atoms with Crippen molar-refractivity contribution in [1.29, 1.82) is 0 Å². The quantitative estimate of drug-likeness (QED) is 0.252. The van der Waals surface area contributed by atoms with Gasteiger partial charge in [0.05, 0.1) is 39.1 Å². The van der Waals surface area contributed by atoms with Gasteiger partial charge in [-0.2, -0.15) is 5.10 Å². The predicted octanol–water partition coefficient (Wildman–Crippen LogP) is 2.15. The zero-order chi connectivity index (χ0) is 25.9. The van der Waals surface area contributed by atoms with Crippen LogP contribution in [0.5, 0.6) is 17.2 Å². The standard InChI is InChI=1S/C27H38N4O5/c1-19(18-36-23-12-26(34)25(15-29-9-11-33)27(13-23)35-3)24-16-30-31(20(24)2)17-22-6-4-21(5-7-22)14-28-8-10-32/h4-7,12-13,16,20,28-29,32-34H,8-11,14-15,17-18H2,1-3H3/b24-19+. The van der Waals surface area contributed by atoms with Crippen LogP contribution in [0.4, 0.5) is 0 Å². The van der Waals surface area contributed by atoms with Gasteiger partial charge in [0.15, 0.2) is 0 Å². The molecule has 1 aliphatic rings. The van der Waals surface area contributed by atoms with Crippen molar-refractivity contribution in [2.45, 2.75) is 39.5 Å². The Hall–Kier alpha value is -3.11. The fourth-order valence-electron chi connectivity index (χ4n) is 4.03. The number of benzene rings is 2. The maximum absolute atomic E-state index is 10.5. The minimum Gasteiger partial charge on any atom is -0.507 e. The van der Waals surface area contributed by atoms with Gasteiger partial charge in [-0.1, -0.05) is 24.3 Å². The summed E-state index contributed by atoms with van der Waals surface area (Å²) in [5.74, 6) is 1.12. The first-order valence-electron chi connectivity index (χ1n) is 12.2. The molecule has 2 aromatic rings. The number of hydrazone groups is 1. The van der Waals surface area contributed by atoms with E-state index < -0.39 is 0 Å². The van der Waals surface area contributed by atoms with Crippen molar-refractivity contribution in [2.75, 3.05) is 40.0 Å². The molecule has 1 unspecified atom stereocenters. The van der Waals surface area contributed by atoms with E-state index in [1.165, 1.54) is 11.1 Å². The largest absolute Gasteiger partial charge is 0.507 e. The number of nitrogens with one attached hydrogen (secondary N) is 2. The van der Waals surface area contributed by atoms with E-state index in [1.807, 2.05) is 13.1 Å². The third-order valence-corrected chi connectivity index (χ3v) is 6.14. The number of phenolic OH excluding ortho intramolecular Hbond substituents is 1. The van der Waals surface area contributed by atoms with Gasteiger partial charge in [-0.15, -0.1) is 0 Å². The van der Waals surface area contributed by atoms with Crippen molar-refractivity contribution in [3.63, 3.8) is 0 Å². The highest BCUT2D eigenvalue weighted by atomic mass is 16.5. The Bertz CT molecular complexity index is 1040. The molecule has 196 valence electrons. The number of methoxy groups -OCH3 is 1. The van der Waals surface area contributed by atoms with E-state index in [9.17, 15) is 5.11 Å². The molecule has 1 heterocycles. The van der Waals surface area contributed by atoms with Crippen LogP contribution in [0, 0.1) is 0 Å². The van der Waals surface area contributed by atoms with Crippen LogP contribution in [0.1, 0.15) is 30.5 Å². The van der Waals surface area contributed by atoms with Gasteiger partial charge in [0.25, 0.3) is 0 Å². The number of aliphatic hydroxyl groups is 2. The molecular weight excluding hydrogens is 460 g/mol. The summed E-state index contributed by atoms with van der Waals surface area (Å²) in [6.45, 7) is 7.51. The Morgan fingerprint density at radius 2 is 1.69 bits per heavy atom. The molecule has 1 atom stereocenters. The lowest BCUT2D eigenvalue weighted by Gasteiger charge is -2.22. The monoisotopic (exact) mass is 498 g/mol. The zero-order valence-electron chi connectivity index (χ0n) is 21.3. The molecule has 1 aliphatic heterocycles. The first kappa shape index (κ1) is 27.5. The summed E-state index contributed by atoms with van der Waals surface area (Å²) in [5, 5.41) is 41.2. The first-order chi connectivity index (χ1) is 17.5. The molecule has 2 aromatic carbocycles. The third-order valence-electron chi connectivity index (χ3n) is 6.14. The fourth-order valence-corrected chi connectivity index (χ4v) is 4.03. The number of hydrogen-bond acceptors (Lipinski definition) is 9. The Balaban J connectivity index is 1.58. The normalized spacial score (nSPS) is 16.5. The van der Waals surface area contributed by atoms with Crippen molar-refractivity contribution in [3.05, 3.63) is 64.2 Å². The minimum atomic E-state index is 0.0213. The van der Waals surface area contributed by atoms with Gasteiger partial charge in [0, 0.05) is 43.9 Å². The Kier molecular flexibility index (Phi) is 10.6. The van der Waals surface area contributed by atoms with Crippen LogP contribution in [0.3, 0.4) is 0 Å². The van der Waals surface area contributed by atoms with Crippen LogP contribution in [-0.4, -0.2) is 72.6 Å². The molecule has 0 radical (unpaired) electrons. The summed E-state index contributed by atoms with van der Waals surface area (Å²) < 4.78 is 11.4. The molecule has 36 heavy (non-hydrogen) atoms. The Labute approximate surface area is 213 Å². The third kappa shape index (κ3) is 7.44. The summed E-state index contributed by atoms with van der Waals surface area (Å²) >= 11 is 0. The van der Waals surface area contributed by atoms with E-state index in [0.717, 1.165) is 17.7 Å². The number of nitrogens with zero attached hydrogens (tertiary/aromatic N) is 2. The summed E-state index contributed by atoms with van der Waals surface area (Å²) in [5.41, 5.74) is 5.15. The number of aromatic hydroxyl groups is 1. The van der Waals surface area contributed by atoms with E-state index in [2.05, 4.69) is 51.9 Å². The van der Waals surface area contributed by atoms with E-state index in [-0.39, 0.29) is 25.0 Å². The Morgan fingerprint density at radius 3 is 2.36 bits per heavy atom. The van der Waals surface area contributed by atoms with Crippen molar-refractivity contribution in [2.24, 2.45) is 5.10 Å². The van der Waals surface area contributed by atoms with Crippen molar-refractivity contribution in [3.8, 4) is 17.2 Å². The highest BCUT2D eigenvalue weighted by Gasteiger charge is 2.23. The molecule has 0 spiro atoms. The van der Waals surface area contributed by atoms with Crippen molar-refractivity contribution in [1.82, 2.24) is 15.6 Å². The van der Waals surface area contributed by atoms with Gasteiger partial charge in [0.2, 0.25) is 0 Å².